The minimum atomic E-state index is -0.777. The maximum absolute atomic E-state index is 13.6. The summed E-state index contributed by atoms with van der Waals surface area (Å²) in [7, 11) is 0. The molecule has 0 fully saturated rings. The number of fused-ring (bicyclic) bond motifs is 1. The van der Waals surface area contributed by atoms with Gasteiger partial charge in [-0.15, -0.1) is 11.8 Å². The smallest absolute Gasteiger partial charge is 0.170 e. The van der Waals surface area contributed by atoms with Gasteiger partial charge in [0.1, 0.15) is 11.9 Å². The summed E-state index contributed by atoms with van der Waals surface area (Å²) < 4.78 is 20.0. The van der Waals surface area contributed by atoms with Crippen molar-refractivity contribution in [3.63, 3.8) is 0 Å². The molecule has 0 amide bonds. The molecule has 1 unspecified atom stereocenters. The van der Waals surface area contributed by atoms with Gasteiger partial charge in [0, 0.05) is 20.5 Å². The summed E-state index contributed by atoms with van der Waals surface area (Å²) in [6, 6.07) is 14.3. The van der Waals surface area contributed by atoms with Crippen LogP contribution in [0.25, 0.3) is 11.0 Å². The molecule has 5 heteroatoms. The molecule has 0 spiro atoms. The molecule has 0 aliphatic rings. The van der Waals surface area contributed by atoms with E-state index in [9.17, 15) is 9.50 Å². The first-order valence-corrected chi connectivity index (χ1v) is 8.16. The number of aliphatic hydroxyl groups excluding tert-OH is 1. The zero-order valence-corrected chi connectivity index (χ0v) is 13.3. The van der Waals surface area contributed by atoms with Gasteiger partial charge in [0.25, 0.3) is 0 Å². The zero-order valence-electron chi connectivity index (χ0n) is 10.9. The van der Waals surface area contributed by atoms with Gasteiger partial charge in [0.15, 0.2) is 11.4 Å². The first-order valence-electron chi connectivity index (χ1n) is 6.38. The van der Waals surface area contributed by atoms with E-state index in [4.69, 9.17) is 4.42 Å². The van der Waals surface area contributed by atoms with Gasteiger partial charge in [-0.2, -0.15) is 0 Å². The lowest BCUT2D eigenvalue weighted by molar-refractivity contribution is 0.176. The lowest BCUT2D eigenvalue weighted by Gasteiger charge is -2.07. The molecular formula is C16H12BrFO2S. The normalized spacial score (nSPS) is 12.7. The minimum absolute atomic E-state index is 0.194. The Morgan fingerprint density at radius 3 is 2.76 bits per heavy atom. The van der Waals surface area contributed by atoms with Crippen molar-refractivity contribution in [2.24, 2.45) is 0 Å². The third-order valence-corrected chi connectivity index (χ3v) is 4.61. The van der Waals surface area contributed by atoms with Crippen molar-refractivity contribution < 1.29 is 13.9 Å². The molecule has 2 nitrogen and oxygen atoms in total. The van der Waals surface area contributed by atoms with E-state index in [0.29, 0.717) is 16.9 Å². The van der Waals surface area contributed by atoms with Crippen LogP contribution in [0.4, 0.5) is 4.39 Å². The summed E-state index contributed by atoms with van der Waals surface area (Å²) in [6.07, 6.45) is -0.777. The van der Waals surface area contributed by atoms with Crippen LogP contribution in [0.2, 0.25) is 0 Å². The highest BCUT2D eigenvalue weighted by Gasteiger charge is 2.15. The van der Waals surface area contributed by atoms with E-state index in [-0.39, 0.29) is 5.58 Å². The summed E-state index contributed by atoms with van der Waals surface area (Å²) in [5.41, 5.74) is 0.194. The van der Waals surface area contributed by atoms with E-state index in [2.05, 4.69) is 15.9 Å². The van der Waals surface area contributed by atoms with E-state index >= 15 is 0 Å². The number of furan rings is 1. The van der Waals surface area contributed by atoms with Gasteiger partial charge in [-0.3, -0.25) is 0 Å². The number of hydrogen-bond donors (Lipinski definition) is 1. The van der Waals surface area contributed by atoms with Crippen LogP contribution in [0.5, 0.6) is 0 Å². The van der Waals surface area contributed by atoms with Crippen molar-refractivity contribution in [2.45, 2.75) is 11.0 Å². The Morgan fingerprint density at radius 2 is 2.00 bits per heavy atom. The fraction of sp³-hybridized carbons (Fsp3) is 0.125. The topological polar surface area (TPSA) is 33.4 Å². The molecule has 0 saturated carbocycles. The average Bonchev–Trinajstić information content (AvgIpc) is 2.90. The molecule has 0 radical (unpaired) electrons. The summed E-state index contributed by atoms with van der Waals surface area (Å²) in [6.45, 7) is 0. The van der Waals surface area contributed by atoms with Gasteiger partial charge in [0.2, 0.25) is 0 Å². The highest BCUT2D eigenvalue weighted by atomic mass is 79.9. The predicted octanol–water partition coefficient (Wildman–Crippen LogP) is 5.16. The minimum Gasteiger partial charge on any atom is -0.455 e. The van der Waals surface area contributed by atoms with Gasteiger partial charge in [-0.25, -0.2) is 4.39 Å². The number of aliphatic hydroxyl groups is 1. The van der Waals surface area contributed by atoms with Crippen LogP contribution >= 0.6 is 27.7 Å². The van der Waals surface area contributed by atoms with Crippen molar-refractivity contribution in [3.8, 4) is 0 Å². The molecule has 2 aromatic carbocycles. The third kappa shape index (κ3) is 3.31. The second kappa shape index (κ2) is 6.22. The Bertz CT molecular complexity index is 772. The van der Waals surface area contributed by atoms with E-state index in [1.54, 1.807) is 18.2 Å². The maximum Gasteiger partial charge on any atom is 0.170 e. The van der Waals surface area contributed by atoms with Crippen molar-refractivity contribution in [3.05, 3.63) is 64.6 Å². The number of thioether (sulfide) groups is 1. The largest absolute Gasteiger partial charge is 0.455 e. The quantitative estimate of drug-likeness (QED) is 0.647. The Balaban J connectivity index is 1.75. The fourth-order valence-corrected chi connectivity index (χ4v) is 3.48. The van der Waals surface area contributed by atoms with Gasteiger partial charge < -0.3 is 9.52 Å². The Labute approximate surface area is 134 Å². The SMILES string of the molecule is OC(CSc1cccc(Br)c1)c1cc2cccc(F)c2o1. The van der Waals surface area contributed by atoms with Gasteiger partial charge in [-0.1, -0.05) is 34.1 Å². The molecule has 0 aliphatic heterocycles. The second-order valence-electron chi connectivity index (χ2n) is 4.59. The lowest BCUT2D eigenvalue weighted by atomic mass is 10.2. The monoisotopic (exact) mass is 366 g/mol. The molecule has 0 bridgehead atoms. The van der Waals surface area contributed by atoms with Gasteiger partial charge >= 0.3 is 0 Å². The van der Waals surface area contributed by atoms with Gasteiger partial charge in [-0.05, 0) is 30.3 Å². The van der Waals surface area contributed by atoms with E-state index in [1.165, 1.54) is 17.8 Å². The second-order valence-corrected chi connectivity index (χ2v) is 6.60. The van der Waals surface area contributed by atoms with E-state index in [0.717, 1.165) is 9.37 Å². The number of benzene rings is 2. The summed E-state index contributed by atoms with van der Waals surface area (Å²) in [4.78, 5) is 1.05. The Kier molecular flexibility index (Phi) is 4.33. The van der Waals surface area contributed by atoms with Crippen molar-refractivity contribution in [1.82, 2.24) is 0 Å². The molecule has 3 rings (SSSR count). The number of halogens is 2. The molecule has 1 aromatic heterocycles. The molecule has 1 heterocycles. The van der Waals surface area contributed by atoms with Crippen LogP contribution in [-0.2, 0) is 0 Å². The molecule has 108 valence electrons. The van der Waals surface area contributed by atoms with Crippen LogP contribution in [0.15, 0.2) is 62.3 Å². The van der Waals surface area contributed by atoms with Crippen LogP contribution < -0.4 is 0 Å². The Hall–Kier alpha value is -1.30. The number of rotatable bonds is 4. The maximum atomic E-state index is 13.6. The lowest BCUT2D eigenvalue weighted by Crippen LogP contribution is -1.98. The highest BCUT2D eigenvalue weighted by Crippen LogP contribution is 2.30. The van der Waals surface area contributed by atoms with Crippen LogP contribution in [0.1, 0.15) is 11.9 Å². The number of para-hydroxylation sites is 1. The van der Waals surface area contributed by atoms with Gasteiger partial charge in [0.05, 0.1) is 0 Å². The van der Waals surface area contributed by atoms with Crippen molar-refractivity contribution in [2.75, 3.05) is 5.75 Å². The molecule has 1 atom stereocenters. The zero-order chi connectivity index (χ0) is 14.8. The number of hydrogen-bond acceptors (Lipinski definition) is 3. The van der Waals surface area contributed by atoms with E-state index < -0.39 is 11.9 Å². The predicted molar refractivity (Wildman–Crippen MR) is 86.0 cm³/mol. The standard InChI is InChI=1S/C16H12BrFO2S/c17-11-4-2-5-12(8-11)21-9-14(19)15-7-10-3-1-6-13(18)16(10)20-15/h1-8,14,19H,9H2. The van der Waals surface area contributed by atoms with Crippen LogP contribution in [-0.4, -0.2) is 10.9 Å². The first kappa shape index (κ1) is 14.6. The molecule has 1 N–H and O–H groups in total. The van der Waals surface area contributed by atoms with Crippen LogP contribution in [0.3, 0.4) is 0 Å². The van der Waals surface area contributed by atoms with Crippen molar-refractivity contribution in [1.29, 1.82) is 0 Å². The summed E-state index contributed by atoms with van der Waals surface area (Å²) >= 11 is 4.93. The molecule has 3 aromatic rings. The highest BCUT2D eigenvalue weighted by molar-refractivity contribution is 9.10. The molecule has 0 saturated heterocycles. The fourth-order valence-electron chi connectivity index (χ4n) is 2.03. The third-order valence-electron chi connectivity index (χ3n) is 3.05. The summed E-state index contributed by atoms with van der Waals surface area (Å²) in [5.74, 6) is 0.418. The average molecular weight is 367 g/mol. The van der Waals surface area contributed by atoms with Crippen LogP contribution in [0, 0.1) is 5.82 Å². The van der Waals surface area contributed by atoms with E-state index in [1.807, 2.05) is 24.3 Å². The molecule has 21 heavy (non-hydrogen) atoms. The Morgan fingerprint density at radius 1 is 1.19 bits per heavy atom. The summed E-state index contributed by atoms with van der Waals surface area (Å²) in [5, 5.41) is 10.9. The van der Waals surface area contributed by atoms with Crippen molar-refractivity contribution >= 4 is 38.7 Å². The molecular weight excluding hydrogens is 355 g/mol. The first-order chi connectivity index (χ1) is 10.1. The molecule has 0 aliphatic carbocycles.